The van der Waals surface area contributed by atoms with Gasteiger partial charge in [0.05, 0.1) is 6.61 Å². The van der Waals surface area contributed by atoms with Gasteiger partial charge >= 0.3 is 0 Å². The molecule has 0 spiro atoms. The zero-order valence-electron chi connectivity index (χ0n) is 13.2. The Bertz CT molecular complexity index is 390. The van der Waals surface area contributed by atoms with Crippen molar-refractivity contribution in [3.63, 3.8) is 0 Å². The molecule has 0 aliphatic carbocycles. The second kappa shape index (κ2) is 7.51. The molecule has 0 fully saturated rings. The predicted molar refractivity (Wildman–Crippen MR) is 82.9 cm³/mol. The first-order valence-corrected chi connectivity index (χ1v) is 7.00. The third-order valence-electron chi connectivity index (χ3n) is 3.42. The Kier molecular flexibility index (Phi) is 6.32. The number of nitrogens with zero attached hydrogens (tertiary/aromatic N) is 1. The van der Waals surface area contributed by atoms with Crippen LogP contribution in [0, 0.1) is 6.92 Å². The average molecular weight is 264 g/mol. The largest absolute Gasteiger partial charge is 0.383 e. The first-order chi connectivity index (χ1) is 8.95. The van der Waals surface area contributed by atoms with Crippen molar-refractivity contribution in [1.29, 1.82) is 0 Å². The second-order valence-corrected chi connectivity index (χ2v) is 5.57. The lowest BCUT2D eigenvalue weighted by Crippen LogP contribution is -2.33. The van der Waals surface area contributed by atoms with Crippen LogP contribution < -0.4 is 10.2 Å². The molecule has 1 atom stereocenters. The summed E-state index contributed by atoms with van der Waals surface area (Å²) in [5, 5.41) is 3.45. The van der Waals surface area contributed by atoms with Gasteiger partial charge in [-0.15, -0.1) is 0 Å². The summed E-state index contributed by atoms with van der Waals surface area (Å²) < 4.78 is 5.22. The Morgan fingerprint density at radius 3 is 2.47 bits per heavy atom. The summed E-state index contributed by atoms with van der Waals surface area (Å²) in [5.41, 5.74) is 3.93. The topological polar surface area (TPSA) is 24.5 Å². The summed E-state index contributed by atoms with van der Waals surface area (Å²) in [6, 6.07) is 7.57. The van der Waals surface area contributed by atoms with Gasteiger partial charge in [0.25, 0.3) is 0 Å². The van der Waals surface area contributed by atoms with Gasteiger partial charge in [-0.3, -0.25) is 0 Å². The number of hydrogen-bond acceptors (Lipinski definition) is 3. The first kappa shape index (κ1) is 16.0. The molecule has 1 aromatic carbocycles. The quantitative estimate of drug-likeness (QED) is 0.819. The Morgan fingerprint density at radius 2 is 1.95 bits per heavy atom. The maximum absolute atomic E-state index is 5.22. The highest BCUT2D eigenvalue weighted by Gasteiger charge is 2.12. The zero-order valence-corrected chi connectivity index (χ0v) is 13.2. The van der Waals surface area contributed by atoms with Crippen LogP contribution >= 0.6 is 0 Å². The van der Waals surface area contributed by atoms with Crippen LogP contribution in [0.2, 0.25) is 0 Å². The van der Waals surface area contributed by atoms with E-state index >= 15 is 0 Å². The van der Waals surface area contributed by atoms with E-state index in [9.17, 15) is 0 Å². The van der Waals surface area contributed by atoms with Crippen LogP contribution in [0.25, 0.3) is 0 Å². The van der Waals surface area contributed by atoms with Crippen molar-refractivity contribution in [2.45, 2.75) is 46.3 Å². The summed E-state index contributed by atoms with van der Waals surface area (Å²) >= 11 is 0. The maximum atomic E-state index is 5.22. The molecule has 0 aliphatic rings. The van der Waals surface area contributed by atoms with Gasteiger partial charge < -0.3 is 15.0 Å². The van der Waals surface area contributed by atoms with Crippen molar-refractivity contribution < 1.29 is 4.74 Å². The number of ether oxygens (including phenoxy) is 1. The fourth-order valence-corrected chi connectivity index (χ4v) is 2.14. The highest BCUT2D eigenvalue weighted by molar-refractivity contribution is 5.54. The van der Waals surface area contributed by atoms with E-state index in [4.69, 9.17) is 4.74 Å². The van der Waals surface area contributed by atoms with Gasteiger partial charge in [-0.05, 0) is 31.0 Å². The van der Waals surface area contributed by atoms with Crippen LogP contribution in [-0.4, -0.2) is 32.8 Å². The molecule has 3 nitrogen and oxygen atoms in total. The fourth-order valence-electron chi connectivity index (χ4n) is 2.14. The van der Waals surface area contributed by atoms with Crippen molar-refractivity contribution in [3.05, 3.63) is 29.3 Å². The van der Waals surface area contributed by atoms with Crippen LogP contribution in [0.3, 0.4) is 0 Å². The van der Waals surface area contributed by atoms with E-state index in [0.29, 0.717) is 12.1 Å². The van der Waals surface area contributed by atoms with Gasteiger partial charge in [-0.1, -0.05) is 26.0 Å². The number of rotatable bonds is 7. The van der Waals surface area contributed by atoms with Gasteiger partial charge in [0.2, 0.25) is 0 Å². The molecule has 0 amide bonds. The van der Waals surface area contributed by atoms with E-state index in [0.717, 1.165) is 13.2 Å². The Labute approximate surface area is 118 Å². The molecule has 108 valence electrons. The van der Waals surface area contributed by atoms with Crippen LogP contribution in [0.15, 0.2) is 18.2 Å². The number of hydrogen-bond donors (Lipinski definition) is 1. The number of anilines is 1. The monoisotopic (exact) mass is 264 g/mol. The van der Waals surface area contributed by atoms with Gasteiger partial charge in [-0.25, -0.2) is 0 Å². The molecular formula is C16H28N2O. The van der Waals surface area contributed by atoms with E-state index in [1.807, 2.05) is 0 Å². The molecular weight excluding hydrogens is 236 g/mol. The lowest BCUT2D eigenvalue weighted by atomic mass is 10.1. The highest BCUT2D eigenvalue weighted by Crippen LogP contribution is 2.22. The molecule has 1 rings (SSSR count). The SMILES string of the molecule is COCC(C)N(C)c1ccc(CNC(C)C)cc1C. The molecule has 0 aromatic heterocycles. The minimum absolute atomic E-state index is 0.378. The molecule has 19 heavy (non-hydrogen) atoms. The van der Waals surface area contributed by atoms with Crippen LogP contribution in [0.4, 0.5) is 5.69 Å². The number of nitrogens with one attached hydrogen (secondary N) is 1. The molecule has 1 N–H and O–H groups in total. The fraction of sp³-hybridized carbons (Fsp3) is 0.625. The van der Waals surface area contributed by atoms with Crippen molar-refractivity contribution in [1.82, 2.24) is 5.32 Å². The van der Waals surface area contributed by atoms with E-state index in [1.165, 1.54) is 16.8 Å². The summed E-state index contributed by atoms with van der Waals surface area (Å²) in [4.78, 5) is 2.28. The number of benzene rings is 1. The Morgan fingerprint density at radius 1 is 1.26 bits per heavy atom. The van der Waals surface area contributed by atoms with Gasteiger partial charge in [0, 0.05) is 38.5 Å². The van der Waals surface area contributed by atoms with Crippen molar-refractivity contribution in [3.8, 4) is 0 Å². The van der Waals surface area contributed by atoms with Crippen molar-refractivity contribution >= 4 is 5.69 Å². The van der Waals surface area contributed by atoms with E-state index in [2.05, 4.69) is 63.2 Å². The van der Waals surface area contributed by atoms with Gasteiger partial charge in [-0.2, -0.15) is 0 Å². The molecule has 1 unspecified atom stereocenters. The second-order valence-electron chi connectivity index (χ2n) is 5.57. The first-order valence-electron chi connectivity index (χ1n) is 7.00. The minimum Gasteiger partial charge on any atom is -0.383 e. The van der Waals surface area contributed by atoms with Crippen LogP contribution in [0.5, 0.6) is 0 Å². The lowest BCUT2D eigenvalue weighted by molar-refractivity contribution is 0.183. The Hall–Kier alpha value is -1.06. The van der Waals surface area contributed by atoms with Crippen molar-refractivity contribution in [2.24, 2.45) is 0 Å². The minimum atomic E-state index is 0.378. The number of likely N-dealkylation sites (N-methyl/N-ethyl adjacent to an activating group) is 1. The smallest absolute Gasteiger partial charge is 0.0663 e. The third-order valence-corrected chi connectivity index (χ3v) is 3.42. The standard InChI is InChI=1S/C16H28N2O/c1-12(2)17-10-15-7-8-16(13(3)9-15)18(5)14(4)11-19-6/h7-9,12,14,17H,10-11H2,1-6H3. The predicted octanol–water partition coefficient (Wildman–Crippen LogP) is 2.96. The van der Waals surface area contributed by atoms with Gasteiger partial charge in [0.1, 0.15) is 0 Å². The molecule has 0 bridgehead atoms. The van der Waals surface area contributed by atoms with Crippen LogP contribution in [0.1, 0.15) is 31.9 Å². The van der Waals surface area contributed by atoms with Crippen LogP contribution in [-0.2, 0) is 11.3 Å². The average Bonchev–Trinajstić information content (AvgIpc) is 2.36. The summed E-state index contributed by atoms with van der Waals surface area (Å²) in [6.07, 6.45) is 0. The van der Waals surface area contributed by atoms with Gasteiger partial charge in [0.15, 0.2) is 0 Å². The molecule has 3 heteroatoms. The number of methoxy groups -OCH3 is 1. The molecule has 0 radical (unpaired) electrons. The zero-order chi connectivity index (χ0) is 14.4. The van der Waals surface area contributed by atoms with Crippen molar-refractivity contribution in [2.75, 3.05) is 25.7 Å². The third kappa shape index (κ3) is 4.84. The molecule has 0 heterocycles. The van der Waals surface area contributed by atoms with E-state index < -0.39 is 0 Å². The summed E-state index contributed by atoms with van der Waals surface area (Å²) in [6.45, 7) is 10.4. The van der Waals surface area contributed by atoms with E-state index in [-0.39, 0.29) is 0 Å². The summed E-state index contributed by atoms with van der Waals surface area (Å²) in [5.74, 6) is 0. The summed E-state index contributed by atoms with van der Waals surface area (Å²) in [7, 11) is 3.87. The Balaban J connectivity index is 2.76. The molecule has 1 aromatic rings. The molecule has 0 saturated carbocycles. The lowest BCUT2D eigenvalue weighted by Gasteiger charge is -2.28. The normalized spacial score (nSPS) is 12.8. The highest BCUT2D eigenvalue weighted by atomic mass is 16.5. The number of aryl methyl sites for hydroxylation is 1. The molecule has 0 saturated heterocycles. The molecule has 0 aliphatic heterocycles. The van der Waals surface area contributed by atoms with E-state index in [1.54, 1.807) is 7.11 Å². The maximum Gasteiger partial charge on any atom is 0.0663 e.